The van der Waals surface area contributed by atoms with Crippen LogP contribution in [0.5, 0.6) is 0 Å². The van der Waals surface area contributed by atoms with E-state index in [1.807, 2.05) is 17.4 Å². The van der Waals surface area contributed by atoms with Gasteiger partial charge in [-0.05, 0) is 31.1 Å². The molecule has 0 unspecified atom stereocenters. The number of allylic oxidation sites excluding steroid dienone is 1. The monoisotopic (exact) mass is 290 g/mol. The van der Waals surface area contributed by atoms with Crippen molar-refractivity contribution >= 4 is 33.1 Å². The van der Waals surface area contributed by atoms with Crippen molar-refractivity contribution in [1.82, 2.24) is 0 Å². The molecule has 0 aliphatic heterocycles. The third kappa shape index (κ3) is 2.45. The maximum Gasteiger partial charge on any atom is 0.0430 e. The first kappa shape index (κ1) is 13.8. The van der Waals surface area contributed by atoms with Crippen LogP contribution in [0.15, 0.2) is 61.2 Å². The van der Waals surface area contributed by atoms with Crippen LogP contribution < -0.4 is 0 Å². The predicted molar refractivity (Wildman–Crippen MR) is 95.8 cm³/mol. The second-order valence-electron chi connectivity index (χ2n) is 5.11. The fraction of sp³-hybridized carbons (Fsp3) is 0.100. The van der Waals surface area contributed by atoms with Gasteiger partial charge < -0.3 is 0 Å². The fourth-order valence-electron chi connectivity index (χ4n) is 2.63. The summed E-state index contributed by atoms with van der Waals surface area (Å²) in [5, 5.41) is 1.29. The highest BCUT2D eigenvalue weighted by Crippen LogP contribution is 2.39. The van der Waals surface area contributed by atoms with Crippen LogP contribution in [0.2, 0.25) is 0 Å². The van der Waals surface area contributed by atoms with Crippen LogP contribution in [0.3, 0.4) is 0 Å². The fourth-order valence-corrected chi connectivity index (χ4v) is 3.93. The molecule has 0 atom stereocenters. The van der Waals surface area contributed by atoms with Crippen molar-refractivity contribution in [3.05, 3.63) is 82.8 Å². The Labute approximate surface area is 130 Å². The lowest BCUT2D eigenvalue weighted by Crippen LogP contribution is -1.87. The van der Waals surface area contributed by atoms with Crippen molar-refractivity contribution in [2.24, 2.45) is 0 Å². The van der Waals surface area contributed by atoms with Gasteiger partial charge in [0.2, 0.25) is 0 Å². The summed E-state index contributed by atoms with van der Waals surface area (Å²) in [4.78, 5) is 1.30. The number of aryl methyl sites for hydroxylation is 1. The molecular formula is C20H18S. The van der Waals surface area contributed by atoms with Gasteiger partial charge in [0.05, 0.1) is 0 Å². The number of rotatable bonds is 3. The van der Waals surface area contributed by atoms with E-state index in [9.17, 15) is 0 Å². The van der Waals surface area contributed by atoms with Gasteiger partial charge in [-0.25, -0.2) is 0 Å². The lowest BCUT2D eigenvalue weighted by molar-refractivity contribution is 1.45. The van der Waals surface area contributed by atoms with Crippen molar-refractivity contribution < 1.29 is 0 Å². The number of hydrogen-bond donors (Lipinski definition) is 0. The van der Waals surface area contributed by atoms with Gasteiger partial charge in [0.15, 0.2) is 0 Å². The molecule has 1 aromatic heterocycles. The molecule has 0 aliphatic carbocycles. The minimum Gasteiger partial charge on any atom is -0.135 e. The zero-order valence-electron chi connectivity index (χ0n) is 12.4. The second kappa shape index (κ2) is 5.71. The molecule has 0 aliphatic rings. The summed E-state index contributed by atoms with van der Waals surface area (Å²) in [6.07, 6.45) is 4.17. The predicted octanol–water partition coefficient (Wildman–Crippen LogP) is 6.30. The SMILES string of the molecule is C=Cc1c(/C(=C\C)c2ccc(C)cc2)sc2ccccc12. The van der Waals surface area contributed by atoms with E-state index in [0.717, 1.165) is 0 Å². The average molecular weight is 290 g/mol. The molecule has 1 heterocycles. The van der Waals surface area contributed by atoms with Crippen LogP contribution in [0.4, 0.5) is 0 Å². The van der Waals surface area contributed by atoms with Crippen LogP contribution in [-0.2, 0) is 0 Å². The van der Waals surface area contributed by atoms with Crippen LogP contribution >= 0.6 is 11.3 Å². The highest BCUT2D eigenvalue weighted by molar-refractivity contribution is 7.20. The number of hydrogen-bond acceptors (Lipinski definition) is 1. The zero-order chi connectivity index (χ0) is 14.8. The molecule has 0 saturated heterocycles. The average Bonchev–Trinajstić information content (AvgIpc) is 2.88. The molecule has 0 amide bonds. The molecule has 0 bridgehead atoms. The Morgan fingerprint density at radius 3 is 2.43 bits per heavy atom. The Hall–Kier alpha value is -2.12. The third-order valence-corrected chi connectivity index (χ3v) is 4.95. The highest BCUT2D eigenvalue weighted by Gasteiger charge is 2.14. The molecule has 3 aromatic rings. The summed E-state index contributed by atoms with van der Waals surface area (Å²) in [6, 6.07) is 17.3. The Kier molecular flexibility index (Phi) is 3.76. The Morgan fingerprint density at radius 1 is 1.05 bits per heavy atom. The molecule has 0 nitrogen and oxygen atoms in total. The van der Waals surface area contributed by atoms with Crippen LogP contribution in [-0.4, -0.2) is 0 Å². The molecule has 104 valence electrons. The largest absolute Gasteiger partial charge is 0.135 e. The van der Waals surface area contributed by atoms with Crippen molar-refractivity contribution in [3.63, 3.8) is 0 Å². The topological polar surface area (TPSA) is 0 Å². The molecule has 0 radical (unpaired) electrons. The van der Waals surface area contributed by atoms with E-state index in [4.69, 9.17) is 0 Å². The van der Waals surface area contributed by atoms with Gasteiger partial charge in [-0.2, -0.15) is 0 Å². The highest BCUT2D eigenvalue weighted by atomic mass is 32.1. The zero-order valence-corrected chi connectivity index (χ0v) is 13.2. The third-order valence-electron chi connectivity index (χ3n) is 3.73. The molecule has 1 heteroatoms. The summed E-state index contributed by atoms with van der Waals surface area (Å²) in [5.41, 5.74) is 5.07. The standard InChI is InChI=1S/C20H18S/c1-4-16(15-12-10-14(3)11-13-15)20-17(5-2)18-8-6-7-9-19(18)21-20/h4-13H,2H2,1,3H3/b16-4-. The minimum atomic E-state index is 1.24. The molecule has 3 rings (SSSR count). The van der Waals surface area contributed by atoms with E-state index in [-0.39, 0.29) is 0 Å². The summed E-state index contributed by atoms with van der Waals surface area (Å²) < 4.78 is 1.31. The van der Waals surface area contributed by atoms with Crippen molar-refractivity contribution in [2.75, 3.05) is 0 Å². The van der Waals surface area contributed by atoms with E-state index in [1.165, 1.54) is 37.2 Å². The van der Waals surface area contributed by atoms with Gasteiger partial charge in [-0.15, -0.1) is 11.3 Å². The quantitative estimate of drug-likeness (QED) is 0.530. The summed E-state index contributed by atoms with van der Waals surface area (Å²) in [7, 11) is 0. The van der Waals surface area contributed by atoms with Crippen molar-refractivity contribution in [1.29, 1.82) is 0 Å². The Morgan fingerprint density at radius 2 is 1.76 bits per heavy atom. The van der Waals surface area contributed by atoms with Crippen LogP contribution in [0.25, 0.3) is 21.7 Å². The van der Waals surface area contributed by atoms with E-state index >= 15 is 0 Å². The first-order valence-electron chi connectivity index (χ1n) is 7.12. The molecule has 0 fully saturated rings. The van der Waals surface area contributed by atoms with Gasteiger partial charge in [-0.3, -0.25) is 0 Å². The van der Waals surface area contributed by atoms with Gasteiger partial charge >= 0.3 is 0 Å². The van der Waals surface area contributed by atoms with Gasteiger partial charge in [-0.1, -0.05) is 66.8 Å². The van der Waals surface area contributed by atoms with Crippen molar-refractivity contribution in [2.45, 2.75) is 13.8 Å². The Bertz CT molecular complexity index is 817. The molecule has 2 aromatic carbocycles. The first-order chi connectivity index (χ1) is 10.2. The number of thiophene rings is 1. The molecule has 0 saturated carbocycles. The van der Waals surface area contributed by atoms with Crippen LogP contribution in [0, 0.1) is 6.92 Å². The molecular weight excluding hydrogens is 272 g/mol. The summed E-state index contributed by atoms with van der Waals surface area (Å²) >= 11 is 1.84. The summed E-state index contributed by atoms with van der Waals surface area (Å²) in [6.45, 7) is 8.24. The molecule has 0 spiro atoms. The second-order valence-corrected chi connectivity index (χ2v) is 6.17. The van der Waals surface area contributed by atoms with E-state index in [1.54, 1.807) is 0 Å². The van der Waals surface area contributed by atoms with Gasteiger partial charge in [0.1, 0.15) is 0 Å². The minimum absolute atomic E-state index is 1.24. The van der Waals surface area contributed by atoms with Crippen LogP contribution in [0.1, 0.15) is 28.5 Å². The van der Waals surface area contributed by atoms with E-state index < -0.39 is 0 Å². The van der Waals surface area contributed by atoms with Gasteiger partial charge in [0, 0.05) is 20.5 Å². The lowest BCUT2D eigenvalue weighted by atomic mass is 9.99. The Balaban J connectivity index is 2.22. The van der Waals surface area contributed by atoms with E-state index in [0.29, 0.717) is 0 Å². The number of fused-ring (bicyclic) bond motifs is 1. The van der Waals surface area contributed by atoms with Crippen molar-refractivity contribution in [3.8, 4) is 0 Å². The smallest absolute Gasteiger partial charge is 0.0430 e. The van der Waals surface area contributed by atoms with E-state index in [2.05, 4.69) is 75.0 Å². The molecule has 21 heavy (non-hydrogen) atoms. The maximum absolute atomic E-state index is 4.02. The first-order valence-corrected chi connectivity index (χ1v) is 7.94. The summed E-state index contributed by atoms with van der Waals surface area (Å²) in [5.74, 6) is 0. The normalized spacial score (nSPS) is 11.8. The number of benzene rings is 2. The lowest BCUT2D eigenvalue weighted by Gasteiger charge is -2.07. The molecule has 0 N–H and O–H groups in total. The maximum atomic E-state index is 4.02. The van der Waals surface area contributed by atoms with Gasteiger partial charge in [0.25, 0.3) is 0 Å².